The standard InChI is InChI=1S/C18H26N4S.HI/c1-14-8-9-17(23-14)12-21-18(19-2)20-11-15-6-5-7-16(10-15)13-22(3)4;/h5-10H,11-13H2,1-4H3,(H2,19,20,21);1H. The first kappa shape index (κ1) is 20.9. The van der Waals surface area contributed by atoms with Gasteiger partial charge in [-0.1, -0.05) is 24.3 Å². The molecule has 0 saturated carbocycles. The molecule has 1 aromatic carbocycles. The topological polar surface area (TPSA) is 39.7 Å². The maximum atomic E-state index is 4.29. The molecule has 0 atom stereocenters. The quantitative estimate of drug-likeness (QED) is 0.395. The molecular formula is C18H27IN4S. The van der Waals surface area contributed by atoms with Crippen molar-refractivity contribution in [1.29, 1.82) is 0 Å². The molecule has 1 heterocycles. The molecule has 2 aromatic rings. The van der Waals surface area contributed by atoms with Gasteiger partial charge in [0.1, 0.15) is 0 Å². The monoisotopic (exact) mass is 458 g/mol. The third-order valence-electron chi connectivity index (χ3n) is 3.40. The van der Waals surface area contributed by atoms with Crippen molar-refractivity contribution in [3.8, 4) is 0 Å². The third-order valence-corrected chi connectivity index (χ3v) is 4.40. The molecule has 0 bridgehead atoms. The van der Waals surface area contributed by atoms with E-state index in [-0.39, 0.29) is 24.0 Å². The Bertz CT molecular complexity index is 652. The van der Waals surface area contributed by atoms with Gasteiger partial charge in [-0.2, -0.15) is 0 Å². The van der Waals surface area contributed by atoms with Gasteiger partial charge in [-0.3, -0.25) is 4.99 Å². The highest BCUT2D eigenvalue weighted by Crippen LogP contribution is 2.14. The van der Waals surface area contributed by atoms with Crippen molar-refractivity contribution in [2.75, 3.05) is 21.1 Å². The first-order chi connectivity index (χ1) is 11.1. The minimum atomic E-state index is 0. The van der Waals surface area contributed by atoms with Crippen LogP contribution in [0.2, 0.25) is 0 Å². The van der Waals surface area contributed by atoms with E-state index in [1.165, 1.54) is 20.9 Å². The Balaban J connectivity index is 0.00000288. The lowest BCUT2D eigenvalue weighted by Gasteiger charge is -2.13. The zero-order chi connectivity index (χ0) is 16.7. The molecule has 0 unspecified atom stereocenters. The van der Waals surface area contributed by atoms with Gasteiger partial charge in [0, 0.05) is 29.9 Å². The number of nitrogens with one attached hydrogen (secondary N) is 2. The molecule has 0 radical (unpaired) electrons. The molecule has 0 fully saturated rings. The second kappa shape index (κ2) is 10.7. The van der Waals surface area contributed by atoms with Gasteiger partial charge < -0.3 is 15.5 Å². The average molecular weight is 458 g/mol. The lowest BCUT2D eigenvalue weighted by atomic mass is 10.1. The summed E-state index contributed by atoms with van der Waals surface area (Å²) < 4.78 is 0. The Morgan fingerprint density at radius 2 is 1.79 bits per heavy atom. The highest BCUT2D eigenvalue weighted by atomic mass is 127. The number of benzene rings is 1. The van der Waals surface area contributed by atoms with Gasteiger partial charge >= 0.3 is 0 Å². The van der Waals surface area contributed by atoms with Crippen LogP contribution in [0.15, 0.2) is 41.4 Å². The van der Waals surface area contributed by atoms with Gasteiger partial charge in [-0.15, -0.1) is 35.3 Å². The van der Waals surface area contributed by atoms with E-state index < -0.39 is 0 Å². The smallest absolute Gasteiger partial charge is 0.191 e. The first-order valence-corrected chi connectivity index (χ1v) is 8.61. The lowest BCUT2D eigenvalue weighted by molar-refractivity contribution is 0.402. The fraction of sp³-hybridized carbons (Fsp3) is 0.389. The second-order valence-electron chi connectivity index (χ2n) is 5.85. The van der Waals surface area contributed by atoms with Crippen molar-refractivity contribution >= 4 is 41.3 Å². The predicted octanol–water partition coefficient (Wildman–Crippen LogP) is 3.60. The van der Waals surface area contributed by atoms with Gasteiger partial charge in [0.05, 0.1) is 6.54 Å². The van der Waals surface area contributed by atoms with Gasteiger partial charge in [0.2, 0.25) is 0 Å². The third kappa shape index (κ3) is 7.19. The molecule has 2 rings (SSSR count). The summed E-state index contributed by atoms with van der Waals surface area (Å²) in [5.74, 6) is 0.828. The molecule has 6 heteroatoms. The van der Waals surface area contributed by atoms with E-state index in [0.29, 0.717) is 0 Å². The Morgan fingerprint density at radius 1 is 1.08 bits per heavy atom. The number of aliphatic imine (C=N–C) groups is 1. The van der Waals surface area contributed by atoms with Gasteiger partial charge in [-0.25, -0.2) is 0 Å². The Morgan fingerprint density at radius 3 is 2.42 bits per heavy atom. The van der Waals surface area contributed by atoms with E-state index in [1.807, 2.05) is 11.3 Å². The second-order valence-corrected chi connectivity index (χ2v) is 7.22. The van der Waals surface area contributed by atoms with Gasteiger partial charge in [-0.05, 0) is 44.3 Å². The molecule has 1 aromatic heterocycles. The van der Waals surface area contributed by atoms with E-state index in [4.69, 9.17) is 0 Å². The first-order valence-electron chi connectivity index (χ1n) is 7.79. The van der Waals surface area contributed by atoms with Crippen molar-refractivity contribution in [3.05, 3.63) is 57.3 Å². The van der Waals surface area contributed by atoms with Crippen LogP contribution in [-0.2, 0) is 19.6 Å². The van der Waals surface area contributed by atoms with Crippen LogP contribution in [0.5, 0.6) is 0 Å². The molecule has 0 aliphatic carbocycles. The lowest BCUT2D eigenvalue weighted by Crippen LogP contribution is -2.36. The minimum Gasteiger partial charge on any atom is -0.352 e. The summed E-state index contributed by atoms with van der Waals surface area (Å²) in [4.78, 5) is 9.12. The number of hydrogen-bond acceptors (Lipinski definition) is 3. The van der Waals surface area contributed by atoms with Crippen LogP contribution in [0.3, 0.4) is 0 Å². The summed E-state index contributed by atoms with van der Waals surface area (Å²) in [5, 5.41) is 6.73. The minimum absolute atomic E-state index is 0. The van der Waals surface area contributed by atoms with Crippen molar-refractivity contribution in [2.45, 2.75) is 26.6 Å². The van der Waals surface area contributed by atoms with Crippen molar-refractivity contribution in [3.63, 3.8) is 0 Å². The molecule has 0 aliphatic heterocycles. The fourth-order valence-electron chi connectivity index (χ4n) is 2.36. The average Bonchev–Trinajstić information content (AvgIpc) is 2.93. The highest BCUT2D eigenvalue weighted by molar-refractivity contribution is 14.0. The number of hydrogen-bond donors (Lipinski definition) is 2. The number of rotatable bonds is 6. The molecule has 0 spiro atoms. The van der Waals surface area contributed by atoms with E-state index in [1.54, 1.807) is 7.05 Å². The molecule has 0 saturated heterocycles. The van der Waals surface area contributed by atoms with Crippen LogP contribution in [0, 0.1) is 6.92 Å². The SMILES string of the molecule is CN=C(NCc1cccc(CN(C)C)c1)NCc1ccc(C)s1.I. The molecule has 4 nitrogen and oxygen atoms in total. The highest BCUT2D eigenvalue weighted by Gasteiger charge is 2.02. The van der Waals surface area contributed by atoms with Crippen LogP contribution in [0.1, 0.15) is 20.9 Å². The molecular weight excluding hydrogens is 431 g/mol. The summed E-state index contributed by atoms with van der Waals surface area (Å²) in [5.41, 5.74) is 2.59. The predicted molar refractivity (Wildman–Crippen MR) is 115 cm³/mol. The number of aryl methyl sites for hydroxylation is 1. The van der Waals surface area contributed by atoms with Crippen LogP contribution < -0.4 is 10.6 Å². The van der Waals surface area contributed by atoms with Crippen molar-refractivity contribution in [1.82, 2.24) is 15.5 Å². The summed E-state index contributed by atoms with van der Waals surface area (Å²) in [6.07, 6.45) is 0. The Hall–Kier alpha value is -1.12. The molecule has 24 heavy (non-hydrogen) atoms. The summed E-state index contributed by atoms with van der Waals surface area (Å²) in [7, 11) is 5.98. The van der Waals surface area contributed by atoms with E-state index in [2.05, 4.69) is 77.9 Å². The zero-order valence-electron chi connectivity index (χ0n) is 14.8. The summed E-state index contributed by atoms with van der Waals surface area (Å²) in [6.45, 7) is 4.66. The Labute approximate surface area is 166 Å². The van der Waals surface area contributed by atoms with Gasteiger partial charge in [0.25, 0.3) is 0 Å². The fourth-order valence-corrected chi connectivity index (χ4v) is 3.19. The van der Waals surface area contributed by atoms with Crippen LogP contribution in [0.25, 0.3) is 0 Å². The number of guanidine groups is 1. The van der Waals surface area contributed by atoms with E-state index >= 15 is 0 Å². The largest absolute Gasteiger partial charge is 0.352 e. The molecule has 132 valence electrons. The number of nitrogens with zero attached hydrogens (tertiary/aromatic N) is 2. The molecule has 0 aliphatic rings. The van der Waals surface area contributed by atoms with Crippen LogP contribution in [0.4, 0.5) is 0 Å². The number of halogens is 1. The van der Waals surface area contributed by atoms with Gasteiger partial charge in [0.15, 0.2) is 5.96 Å². The maximum absolute atomic E-state index is 4.29. The summed E-state index contributed by atoms with van der Waals surface area (Å²) >= 11 is 1.81. The molecule has 2 N–H and O–H groups in total. The van der Waals surface area contributed by atoms with Crippen LogP contribution in [-0.4, -0.2) is 32.0 Å². The normalized spacial score (nSPS) is 11.3. The summed E-state index contributed by atoms with van der Waals surface area (Å²) in [6, 6.07) is 13.0. The zero-order valence-corrected chi connectivity index (χ0v) is 17.9. The van der Waals surface area contributed by atoms with E-state index in [9.17, 15) is 0 Å². The van der Waals surface area contributed by atoms with Crippen molar-refractivity contribution in [2.24, 2.45) is 4.99 Å². The maximum Gasteiger partial charge on any atom is 0.191 e. The Kier molecular flexibility index (Phi) is 9.31. The van der Waals surface area contributed by atoms with Crippen LogP contribution >= 0.6 is 35.3 Å². The molecule has 0 amide bonds. The van der Waals surface area contributed by atoms with Crippen molar-refractivity contribution < 1.29 is 0 Å². The van der Waals surface area contributed by atoms with E-state index in [0.717, 1.165) is 25.6 Å². The number of thiophene rings is 1.